The summed E-state index contributed by atoms with van der Waals surface area (Å²) in [5.74, 6) is -0.712. The molecule has 150 valence electrons. The number of carbonyl (C=O) groups excluding carboxylic acids is 2. The van der Waals surface area contributed by atoms with Gasteiger partial charge in [0, 0.05) is 12.1 Å². The zero-order valence-electron chi connectivity index (χ0n) is 15.8. The largest absolute Gasteiger partial charge is 0.444 e. The molecule has 2 aromatic rings. The first-order valence-corrected chi connectivity index (χ1v) is 10.1. The topological polar surface area (TPSA) is 68.3 Å². The smallest absolute Gasteiger partial charge is 0.407 e. The molecular weight excluding hydrogens is 451 g/mol. The maximum absolute atomic E-state index is 13.5. The average Bonchev–Trinajstić information content (AvgIpc) is 2.61. The van der Waals surface area contributed by atoms with Crippen LogP contribution in [0.2, 0.25) is 5.02 Å². The minimum atomic E-state index is -0.578. The number of ether oxygens (including phenoxy) is 1. The van der Waals surface area contributed by atoms with Gasteiger partial charge in [0.15, 0.2) is 5.78 Å². The molecule has 0 unspecified atom stereocenters. The number of hydrogen-bond acceptors (Lipinski definition) is 4. The molecule has 0 radical (unpaired) electrons. The Balaban J connectivity index is 2.22. The van der Waals surface area contributed by atoms with Gasteiger partial charge in [-0.3, -0.25) is 4.79 Å². The third-order valence-corrected chi connectivity index (χ3v) is 4.39. The number of nitrogens with zero attached hydrogens (tertiary/aromatic N) is 1. The van der Waals surface area contributed by atoms with Crippen LogP contribution in [-0.2, 0) is 11.2 Å². The van der Waals surface area contributed by atoms with Gasteiger partial charge in [-0.25, -0.2) is 14.2 Å². The number of halogens is 3. The second-order valence-corrected chi connectivity index (χ2v) is 8.08. The van der Waals surface area contributed by atoms with Gasteiger partial charge >= 0.3 is 6.09 Å². The Bertz CT molecular complexity index is 884. The van der Waals surface area contributed by atoms with Crippen molar-refractivity contribution in [2.75, 3.05) is 11.9 Å². The Kier molecular flexibility index (Phi) is 7.55. The van der Waals surface area contributed by atoms with Gasteiger partial charge in [-0.2, -0.15) is 0 Å². The lowest BCUT2D eigenvalue weighted by molar-refractivity contribution is 0.0528. The van der Waals surface area contributed by atoms with Crippen LogP contribution in [0.5, 0.6) is 0 Å². The maximum Gasteiger partial charge on any atom is 0.407 e. The van der Waals surface area contributed by atoms with E-state index < -0.39 is 17.5 Å². The first-order valence-electron chi connectivity index (χ1n) is 8.61. The van der Waals surface area contributed by atoms with Gasteiger partial charge in [0.25, 0.3) is 0 Å². The van der Waals surface area contributed by atoms with Crippen molar-refractivity contribution < 1.29 is 18.7 Å². The lowest BCUT2D eigenvalue weighted by atomic mass is 10.0. The third kappa shape index (κ3) is 6.56. The summed E-state index contributed by atoms with van der Waals surface area (Å²) in [6, 6.07) is 7.72. The first-order chi connectivity index (χ1) is 13.1. The number of aromatic nitrogens is 1. The number of nitrogens with one attached hydrogen (secondary N) is 1. The predicted molar refractivity (Wildman–Crippen MR) is 111 cm³/mol. The molecule has 1 N–H and O–H groups in total. The van der Waals surface area contributed by atoms with E-state index in [2.05, 4.69) is 26.2 Å². The van der Waals surface area contributed by atoms with Crippen LogP contribution in [0.15, 0.2) is 30.3 Å². The number of amides is 1. The molecule has 1 aromatic heterocycles. The molecule has 0 atom stereocenters. The molecular formula is C20H21BrClFN2O3. The van der Waals surface area contributed by atoms with Gasteiger partial charge in [-0.05, 0) is 63.1 Å². The van der Waals surface area contributed by atoms with Crippen LogP contribution < -0.4 is 5.32 Å². The Hall–Kier alpha value is -1.99. The number of alkyl halides is 1. The highest BCUT2D eigenvalue weighted by Gasteiger charge is 2.16. The quantitative estimate of drug-likeness (QED) is 0.465. The van der Waals surface area contributed by atoms with E-state index in [9.17, 15) is 14.0 Å². The van der Waals surface area contributed by atoms with E-state index in [-0.39, 0.29) is 21.8 Å². The van der Waals surface area contributed by atoms with Gasteiger partial charge in [-0.15, -0.1) is 0 Å². The summed E-state index contributed by atoms with van der Waals surface area (Å²) >= 11 is 9.01. The van der Waals surface area contributed by atoms with Crippen LogP contribution >= 0.6 is 27.5 Å². The van der Waals surface area contributed by atoms with Crippen LogP contribution in [0.25, 0.3) is 11.3 Å². The summed E-state index contributed by atoms with van der Waals surface area (Å²) in [5, 5.41) is 2.78. The Morgan fingerprint density at radius 2 is 1.96 bits per heavy atom. The molecule has 5 nitrogen and oxygen atoms in total. The summed E-state index contributed by atoms with van der Waals surface area (Å²) in [7, 11) is 0. The molecule has 8 heteroatoms. The summed E-state index contributed by atoms with van der Waals surface area (Å²) in [6.07, 6.45) is -0.0458. The van der Waals surface area contributed by atoms with Gasteiger partial charge in [0.05, 0.1) is 16.0 Å². The van der Waals surface area contributed by atoms with Gasteiger partial charge in [-0.1, -0.05) is 27.5 Å². The molecule has 0 aliphatic rings. The van der Waals surface area contributed by atoms with Crippen molar-refractivity contribution in [2.45, 2.75) is 32.8 Å². The standard InChI is InChI=1S/C20H21BrClFN2O3/c1-20(2,3)28-19(27)24-7-6-12-8-16(25-17(9-12)18(26)11-21)13-4-5-15(23)14(22)10-13/h4-5,8-10H,6-7,11H2,1-3H3,(H,24,27). The lowest BCUT2D eigenvalue weighted by Crippen LogP contribution is -2.33. The number of Topliss-reactive ketones (excluding diaryl/α,β-unsaturated/α-hetero) is 1. The average molecular weight is 472 g/mol. The second-order valence-electron chi connectivity index (χ2n) is 7.11. The molecule has 0 spiro atoms. The lowest BCUT2D eigenvalue weighted by Gasteiger charge is -2.19. The normalized spacial score (nSPS) is 11.2. The second kappa shape index (κ2) is 9.47. The fourth-order valence-electron chi connectivity index (χ4n) is 2.37. The van der Waals surface area contributed by atoms with Crippen molar-refractivity contribution in [3.05, 3.63) is 52.4 Å². The van der Waals surface area contributed by atoms with E-state index in [0.29, 0.717) is 24.2 Å². The van der Waals surface area contributed by atoms with Crippen LogP contribution in [0.4, 0.5) is 9.18 Å². The zero-order valence-corrected chi connectivity index (χ0v) is 18.2. The molecule has 0 saturated carbocycles. The van der Waals surface area contributed by atoms with Crippen LogP contribution in [0.3, 0.4) is 0 Å². The summed E-state index contributed by atoms with van der Waals surface area (Å²) < 4.78 is 18.7. The molecule has 0 aliphatic carbocycles. The molecule has 0 bridgehead atoms. The molecule has 1 aromatic carbocycles. The van der Waals surface area contributed by atoms with Gasteiger partial charge in [0.1, 0.15) is 17.1 Å². The molecule has 1 heterocycles. The highest BCUT2D eigenvalue weighted by Crippen LogP contribution is 2.25. The molecule has 0 saturated heterocycles. The van der Waals surface area contributed by atoms with E-state index in [1.165, 1.54) is 12.1 Å². The number of alkyl carbamates (subject to hydrolysis) is 1. The summed E-state index contributed by atoms with van der Waals surface area (Å²) in [6.45, 7) is 5.68. The number of ketones is 1. The number of hydrogen-bond donors (Lipinski definition) is 1. The Morgan fingerprint density at radius 1 is 1.25 bits per heavy atom. The van der Waals surface area contributed by atoms with Crippen molar-refractivity contribution in [3.8, 4) is 11.3 Å². The Labute approximate surface area is 176 Å². The van der Waals surface area contributed by atoms with Crippen LogP contribution in [0, 0.1) is 5.82 Å². The van der Waals surface area contributed by atoms with Gasteiger partial charge < -0.3 is 10.1 Å². The summed E-state index contributed by atoms with van der Waals surface area (Å²) in [5.41, 5.74) is 1.59. The summed E-state index contributed by atoms with van der Waals surface area (Å²) in [4.78, 5) is 28.3. The predicted octanol–water partition coefficient (Wildman–Crippen LogP) is 5.19. The van der Waals surface area contributed by atoms with Gasteiger partial charge in [0.2, 0.25) is 0 Å². The highest BCUT2D eigenvalue weighted by molar-refractivity contribution is 9.09. The Morgan fingerprint density at radius 3 is 2.57 bits per heavy atom. The van der Waals surface area contributed by atoms with Crippen molar-refractivity contribution in [2.24, 2.45) is 0 Å². The molecule has 0 aliphatic heterocycles. The zero-order chi connectivity index (χ0) is 20.9. The molecule has 28 heavy (non-hydrogen) atoms. The van der Waals surface area contributed by atoms with Crippen molar-refractivity contribution >= 4 is 39.4 Å². The van der Waals surface area contributed by atoms with Crippen molar-refractivity contribution in [1.29, 1.82) is 0 Å². The van der Waals surface area contributed by atoms with E-state index in [1.807, 2.05) is 0 Å². The first kappa shape index (κ1) is 22.3. The minimum absolute atomic E-state index is 0.0235. The number of carbonyl (C=O) groups is 2. The fourth-order valence-corrected chi connectivity index (χ4v) is 2.84. The van der Waals surface area contributed by atoms with E-state index in [0.717, 1.165) is 5.56 Å². The van der Waals surface area contributed by atoms with E-state index in [1.54, 1.807) is 39.0 Å². The monoisotopic (exact) mass is 470 g/mol. The highest BCUT2D eigenvalue weighted by atomic mass is 79.9. The number of benzene rings is 1. The van der Waals surface area contributed by atoms with Crippen molar-refractivity contribution in [1.82, 2.24) is 10.3 Å². The maximum atomic E-state index is 13.5. The fraction of sp³-hybridized carbons (Fsp3) is 0.350. The molecule has 2 rings (SSSR count). The molecule has 0 fully saturated rings. The van der Waals surface area contributed by atoms with Crippen LogP contribution in [-0.4, -0.2) is 34.3 Å². The van der Waals surface area contributed by atoms with Crippen LogP contribution in [0.1, 0.15) is 36.8 Å². The van der Waals surface area contributed by atoms with Crippen molar-refractivity contribution in [3.63, 3.8) is 0 Å². The SMILES string of the molecule is CC(C)(C)OC(=O)NCCc1cc(C(=O)CBr)nc(-c2ccc(F)c(Cl)c2)c1. The molecule has 1 amide bonds. The number of rotatable bonds is 6. The van der Waals surface area contributed by atoms with E-state index in [4.69, 9.17) is 16.3 Å². The number of pyridine rings is 1. The third-order valence-electron chi connectivity index (χ3n) is 3.59. The van der Waals surface area contributed by atoms with E-state index >= 15 is 0 Å². The minimum Gasteiger partial charge on any atom is -0.444 e.